The minimum atomic E-state index is -2.48. The molecule has 1 nitrogen and oxygen atoms in total. The van der Waals surface area contributed by atoms with E-state index in [1.807, 2.05) is 0 Å². The third kappa shape index (κ3) is 8.76. The maximum atomic E-state index is 11.4. The fraction of sp³-hybridized carbons (Fsp3) is 1.00. The van der Waals surface area contributed by atoms with Crippen LogP contribution in [0.5, 0.6) is 0 Å². The highest BCUT2D eigenvalue weighted by molar-refractivity contribution is 8.24. The molecule has 0 aromatic carbocycles. The largest absolute Gasteiger partial charge is 0.332 e. The highest BCUT2D eigenvalue weighted by Crippen LogP contribution is 2.48. The molecule has 0 bridgehead atoms. The average molecular weight is 195 g/mol. The van der Waals surface area contributed by atoms with Crippen molar-refractivity contribution in [1.29, 1.82) is 0 Å². The van der Waals surface area contributed by atoms with Gasteiger partial charge in [0, 0.05) is 6.66 Å². The Balaban J connectivity index is 3.40. The van der Waals surface area contributed by atoms with E-state index in [1.54, 1.807) is 0 Å². The molecular weight excluding hydrogens is 189 g/mol. The van der Waals surface area contributed by atoms with Gasteiger partial charge in [0.1, 0.15) is 12.2 Å². The van der Waals surface area contributed by atoms with Crippen LogP contribution in [0.1, 0.15) is 0 Å². The van der Waals surface area contributed by atoms with Gasteiger partial charge in [0.15, 0.2) is 0 Å². The first kappa shape index (κ1) is 9.76. The Morgan fingerprint density at radius 1 is 1.78 bits per heavy atom. The molecule has 9 heavy (non-hydrogen) atoms. The van der Waals surface area contributed by atoms with E-state index in [9.17, 15) is 8.78 Å². The van der Waals surface area contributed by atoms with E-state index >= 15 is 0 Å². The Bertz CT molecular complexity index is 125. The molecule has 6 heteroatoms. The van der Waals surface area contributed by atoms with Crippen molar-refractivity contribution >= 4 is 28.7 Å². The fourth-order valence-corrected chi connectivity index (χ4v) is 0.920. The molecule has 1 unspecified atom stereocenters. The van der Waals surface area contributed by atoms with Crippen molar-refractivity contribution in [2.24, 2.45) is 0 Å². The molecule has 0 heterocycles. The van der Waals surface area contributed by atoms with Crippen molar-refractivity contribution < 1.29 is 13.3 Å². The van der Waals surface area contributed by atoms with Crippen LogP contribution in [0.3, 0.4) is 0 Å². The summed E-state index contributed by atoms with van der Waals surface area (Å²) in [6.45, 7) is 0.781. The quantitative estimate of drug-likeness (QED) is 0.639. The lowest BCUT2D eigenvalue weighted by molar-refractivity contribution is 0.0892. The van der Waals surface area contributed by atoms with Crippen molar-refractivity contribution in [3.05, 3.63) is 0 Å². The summed E-state index contributed by atoms with van der Waals surface area (Å²) in [6, 6.07) is 0. The third-order valence-corrected chi connectivity index (χ3v) is 1.65. The third-order valence-electron chi connectivity index (χ3n) is 0.431. The molecule has 0 aliphatic carbocycles. The zero-order valence-electron chi connectivity index (χ0n) is 4.68. The number of rotatable bonds is 3. The van der Waals surface area contributed by atoms with Crippen LogP contribution in [0, 0.1) is 0 Å². The molecule has 0 aromatic heterocycles. The highest BCUT2D eigenvalue weighted by atomic mass is 35.7. The van der Waals surface area contributed by atoms with Crippen LogP contribution in [0.25, 0.3) is 0 Å². The summed E-state index contributed by atoms with van der Waals surface area (Å²) in [5, 5.41) is 0. The maximum Gasteiger partial charge on any atom is 0.262 e. The van der Waals surface area contributed by atoms with E-state index in [1.165, 1.54) is 6.66 Å². The lowest BCUT2D eigenvalue weighted by Gasteiger charge is -2.07. The van der Waals surface area contributed by atoms with E-state index in [0.717, 1.165) is 0 Å². The fourth-order valence-electron chi connectivity index (χ4n) is 0.189. The van der Waals surface area contributed by atoms with Crippen LogP contribution < -0.4 is 0 Å². The Morgan fingerprint density at radius 2 is 2.22 bits per heavy atom. The predicted molar refractivity (Wildman–Crippen MR) is 38.0 cm³/mol. The molecule has 0 rings (SSSR count). The summed E-state index contributed by atoms with van der Waals surface area (Å²) < 4.78 is 27.1. The monoisotopic (exact) mass is 194 g/mol. The highest BCUT2D eigenvalue weighted by Gasteiger charge is 2.09. The van der Waals surface area contributed by atoms with Gasteiger partial charge in [-0.25, -0.2) is 8.78 Å². The molecule has 56 valence electrons. The smallest absolute Gasteiger partial charge is 0.262 e. The molecule has 0 N–H and O–H groups in total. The molecule has 0 fully saturated rings. The number of halogens is 3. The van der Waals surface area contributed by atoms with Gasteiger partial charge in [0.05, 0.1) is 0 Å². The molecule has 0 amide bonds. The molecule has 0 saturated carbocycles. The SMILES string of the molecule is CP(=S)(Cl)OCC(F)F. The van der Waals surface area contributed by atoms with Crippen LogP contribution in [0.2, 0.25) is 0 Å². The summed E-state index contributed by atoms with van der Waals surface area (Å²) in [5.41, 5.74) is -2.39. The van der Waals surface area contributed by atoms with E-state index in [-0.39, 0.29) is 0 Å². The first-order valence-electron chi connectivity index (χ1n) is 2.11. The zero-order chi connectivity index (χ0) is 7.49. The minimum absolute atomic E-state index is 0.655. The Hall–Kier alpha value is 0.760. The zero-order valence-corrected chi connectivity index (χ0v) is 7.15. The van der Waals surface area contributed by atoms with Gasteiger partial charge >= 0.3 is 0 Å². The molecular formula is C3H6ClF2OPS. The van der Waals surface area contributed by atoms with E-state index < -0.39 is 18.6 Å². The summed E-state index contributed by atoms with van der Waals surface area (Å²) >= 11 is 9.87. The molecule has 0 radical (unpaired) electrons. The first-order chi connectivity index (χ1) is 3.92. The van der Waals surface area contributed by atoms with E-state index in [2.05, 4.69) is 16.3 Å². The van der Waals surface area contributed by atoms with Gasteiger partial charge < -0.3 is 4.52 Å². The molecule has 0 aliphatic heterocycles. The Labute approximate surface area is 62.2 Å². The van der Waals surface area contributed by atoms with Crippen LogP contribution >= 0.6 is 16.9 Å². The summed E-state index contributed by atoms with van der Waals surface area (Å²) in [5.74, 6) is 0. The molecule has 1 atom stereocenters. The second kappa shape index (κ2) is 3.81. The minimum Gasteiger partial charge on any atom is -0.332 e. The van der Waals surface area contributed by atoms with Gasteiger partial charge in [-0.2, -0.15) is 0 Å². The number of alkyl halides is 2. The summed E-state index contributed by atoms with van der Waals surface area (Å²) in [4.78, 5) is 0. The van der Waals surface area contributed by atoms with Gasteiger partial charge in [-0.15, -0.1) is 0 Å². The van der Waals surface area contributed by atoms with Crippen LogP contribution in [-0.2, 0) is 16.3 Å². The van der Waals surface area contributed by atoms with Crippen LogP contribution in [0.4, 0.5) is 8.78 Å². The maximum absolute atomic E-state index is 11.4. The van der Waals surface area contributed by atoms with E-state index in [0.29, 0.717) is 0 Å². The predicted octanol–water partition coefficient (Wildman–Crippen LogP) is 2.45. The van der Waals surface area contributed by atoms with Gasteiger partial charge in [-0.3, -0.25) is 0 Å². The Morgan fingerprint density at radius 3 is 2.33 bits per heavy atom. The van der Waals surface area contributed by atoms with Crippen molar-refractivity contribution in [3.63, 3.8) is 0 Å². The summed E-state index contributed by atoms with van der Waals surface area (Å²) in [7, 11) is 0. The molecule has 0 spiro atoms. The molecule has 0 aromatic rings. The van der Waals surface area contributed by atoms with Crippen molar-refractivity contribution in [2.75, 3.05) is 13.3 Å². The first-order valence-corrected chi connectivity index (χ1v) is 6.19. The van der Waals surface area contributed by atoms with Crippen LogP contribution in [-0.4, -0.2) is 19.7 Å². The normalized spacial score (nSPS) is 17.9. The summed E-state index contributed by atoms with van der Waals surface area (Å²) in [6.07, 6.45) is -2.48. The average Bonchev–Trinajstić information content (AvgIpc) is 1.59. The van der Waals surface area contributed by atoms with Crippen molar-refractivity contribution in [2.45, 2.75) is 6.43 Å². The van der Waals surface area contributed by atoms with Crippen molar-refractivity contribution in [1.82, 2.24) is 0 Å². The van der Waals surface area contributed by atoms with Gasteiger partial charge in [0.25, 0.3) is 6.43 Å². The second-order valence-electron chi connectivity index (χ2n) is 1.43. The Kier molecular flexibility index (Phi) is 4.14. The lowest BCUT2D eigenvalue weighted by Crippen LogP contribution is -1.99. The van der Waals surface area contributed by atoms with E-state index in [4.69, 9.17) is 11.2 Å². The van der Waals surface area contributed by atoms with Crippen LogP contribution in [0.15, 0.2) is 0 Å². The second-order valence-corrected chi connectivity index (χ2v) is 7.81. The molecule has 0 saturated heterocycles. The number of hydrogen-bond acceptors (Lipinski definition) is 2. The standard InChI is InChI=1S/C3H6ClF2OPS/c1-8(4,9)7-2-3(5)6/h3H,2H2,1H3. The van der Waals surface area contributed by atoms with Gasteiger partial charge in [-0.1, -0.05) is 23.0 Å². The topological polar surface area (TPSA) is 9.23 Å². The molecule has 0 aliphatic rings. The number of hydrogen-bond donors (Lipinski definition) is 0. The van der Waals surface area contributed by atoms with Gasteiger partial charge in [-0.05, 0) is 0 Å². The lowest BCUT2D eigenvalue weighted by atomic mass is 10.8. The van der Waals surface area contributed by atoms with Gasteiger partial charge in [0.2, 0.25) is 0 Å². The van der Waals surface area contributed by atoms with Crippen molar-refractivity contribution in [3.8, 4) is 0 Å².